The monoisotopic (exact) mass is 272 g/mol. The highest BCUT2D eigenvalue weighted by Crippen LogP contribution is 2.29. The van der Waals surface area contributed by atoms with E-state index in [0.717, 1.165) is 24.2 Å². The first kappa shape index (κ1) is 13.0. The van der Waals surface area contributed by atoms with Crippen LogP contribution < -0.4 is 5.32 Å². The van der Waals surface area contributed by atoms with Crippen LogP contribution in [0, 0.1) is 11.8 Å². The van der Waals surface area contributed by atoms with E-state index in [1.165, 1.54) is 25.7 Å². The van der Waals surface area contributed by atoms with E-state index in [4.69, 9.17) is 23.2 Å². The lowest BCUT2D eigenvalue weighted by Gasteiger charge is -2.27. The summed E-state index contributed by atoms with van der Waals surface area (Å²) in [5.41, 5.74) is 0. The maximum atomic E-state index is 6.07. The van der Waals surface area contributed by atoms with Gasteiger partial charge in [0.1, 0.15) is 5.82 Å². The van der Waals surface area contributed by atoms with Crippen LogP contribution in [-0.4, -0.2) is 11.5 Å². The summed E-state index contributed by atoms with van der Waals surface area (Å²) in [6.07, 6.45) is 6.95. The molecule has 1 saturated carbocycles. The molecule has 2 rings (SSSR count). The number of hydrogen-bond donors (Lipinski definition) is 1. The zero-order valence-corrected chi connectivity index (χ0v) is 11.6. The summed E-state index contributed by atoms with van der Waals surface area (Å²) >= 11 is 11.9. The molecule has 17 heavy (non-hydrogen) atoms. The minimum atomic E-state index is 0.576. The molecule has 94 valence electrons. The summed E-state index contributed by atoms with van der Waals surface area (Å²) in [4.78, 5) is 4.21. The van der Waals surface area contributed by atoms with Gasteiger partial charge in [-0.05, 0) is 30.7 Å². The summed E-state index contributed by atoms with van der Waals surface area (Å²) in [6, 6.07) is 1.72. The lowest BCUT2D eigenvalue weighted by molar-refractivity contribution is 0.293. The molecule has 0 aromatic carbocycles. The van der Waals surface area contributed by atoms with Crippen LogP contribution in [0.2, 0.25) is 10.0 Å². The number of anilines is 1. The van der Waals surface area contributed by atoms with Crippen molar-refractivity contribution < 1.29 is 0 Å². The van der Waals surface area contributed by atoms with Crippen molar-refractivity contribution in [3.8, 4) is 0 Å². The number of hydrogen-bond acceptors (Lipinski definition) is 2. The molecular weight excluding hydrogens is 255 g/mol. The van der Waals surface area contributed by atoms with Gasteiger partial charge in [-0.15, -0.1) is 0 Å². The Balaban J connectivity index is 1.88. The molecule has 1 heterocycles. The number of aromatic nitrogens is 1. The molecule has 1 fully saturated rings. The lowest BCUT2D eigenvalue weighted by atomic mass is 9.82. The van der Waals surface area contributed by atoms with Crippen LogP contribution in [-0.2, 0) is 0 Å². The van der Waals surface area contributed by atoms with Crippen LogP contribution in [0.1, 0.15) is 32.6 Å². The standard InChI is InChI=1S/C13H18Cl2N2/c1-9-3-2-4-10(5-9)7-16-13-12(15)6-11(14)8-17-13/h6,8-10H,2-5,7H2,1H3,(H,16,17). The molecule has 2 unspecified atom stereocenters. The fourth-order valence-electron chi connectivity index (χ4n) is 2.53. The summed E-state index contributed by atoms with van der Waals surface area (Å²) in [7, 11) is 0. The molecule has 1 aliphatic carbocycles. The Kier molecular flexibility index (Phi) is 4.52. The van der Waals surface area contributed by atoms with Crippen LogP contribution in [0.25, 0.3) is 0 Å². The van der Waals surface area contributed by atoms with Gasteiger partial charge in [-0.2, -0.15) is 0 Å². The average molecular weight is 273 g/mol. The first-order valence-electron chi connectivity index (χ1n) is 6.20. The Labute approximate surface area is 113 Å². The van der Waals surface area contributed by atoms with Crippen molar-refractivity contribution in [2.24, 2.45) is 11.8 Å². The number of nitrogens with zero attached hydrogens (tertiary/aromatic N) is 1. The Hall–Kier alpha value is -0.470. The highest BCUT2D eigenvalue weighted by molar-refractivity contribution is 6.35. The molecular formula is C13H18Cl2N2. The Bertz CT molecular complexity index is 382. The zero-order chi connectivity index (χ0) is 12.3. The highest BCUT2D eigenvalue weighted by Gasteiger charge is 2.18. The minimum Gasteiger partial charge on any atom is -0.369 e. The van der Waals surface area contributed by atoms with Crippen molar-refractivity contribution in [3.05, 3.63) is 22.3 Å². The van der Waals surface area contributed by atoms with Gasteiger partial charge in [0.15, 0.2) is 0 Å². The van der Waals surface area contributed by atoms with E-state index in [1.54, 1.807) is 12.3 Å². The van der Waals surface area contributed by atoms with Crippen molar-refractivity contribution >= 4 is 29.0 Å². The molecule has 1 N–H and O–H groups in total. The molecule has 1 aromatic heterocycles. The summed E-state index contributed by atoms with van der Waals surface area (Å²) < 4.78 is 0. The van der Waals surface area contributed by atoms with Crippen molar-refractivity contribution in [1.82, 2.24) is 4.98 Å². The molecule has 2 nitrogen and oxygen atoms in total. The molecule has 1 aliphatic rings. The van der Waals surface area contributed by atoms with Crippen LogP contribution in [0.4, 0.5) is 5.82 Å². The fourth-order valence-corrected chi connectivity index (χ4v) is 2.98. The molecule has 0 spiro atoms. The van der Waals surface area contributed by atoms with Crippen LogP contribution in [0.15, 0.2) is 12.3 Å². The van der Waals surface area contributed by atoms with Crippen LogP contribution in [0.5, 0.6) is 0 Å². The maximum Gasteiger partial charge on any atom is 0.144 e. The predicted octanol–water partition coefficient (Wildman–Crippen LogP) is 4.63. The summed E-state index contributed by atoms with van der Waals surface area (Å²) in [5.74, 6) is 2.34. The predicted molar refractivity (Wildman–Crippen MR) is 73.9 cm³/mol. The van der Waals surface area contributed by atoms with E-state index in [-0.39, 0.29) is 0 Å². The molecule has 1 aromatic rings. The van der Waals surface area contributed by atoms with Gasteiger partial charge in [-0.25, -0.2) is 4.98 Å². The molecule has 0 saturated heterocycles. The maximum absolute atomic E-state index is 6.07. The summed E-state index contributed by atoms with van der Waals surface area (Å²) in [5, 5.41) is 4.50. The minimum absolute atomic E-state index is 0.576. The highest BCUT2D eigenvalue weighted by atomic mass is 35.5. The third-order valence-corrected chi connectivity index (χ3v) is 3.91. The van der Waals surface area contributed by atoms with Gasteiger partial charge < -0.3 is 5.32 Å². The molecule has 0 aliphatic heterocycles. The molecule has 0 bridgehead atoms. The second-order valence-corrected chi connectivity index (χ2v) is 5.85. The smallest absolute Gasteiger partial charge is 0.144 e. The quantitative estimate of drug-likeness (QED) is 0.868. The van der Waals surface area contributed by atoms with Crippen molar-refractivity contribution in [2.45, 2.75) is 32.6 Å². The Morgan fingerprint density at radius 1 is 1.41 bits per heavy atom. The third-order valence-electron chi connectivity index (χ3n) is 3.41. The topological polar surface area (TPSA) is 24.9 Å². The summed E-state index contributed by atoms with van der Waals surface area (Å²) in [6.45, 7) is 3.29. The SMILES string of the molecule is CC1CCCC(CNc2ncc(Cl)cc2Cl)C1. The zero-order valence-electron chi connectivity index (χ0n) is 10.0. The van der Waals surface area contributed by atoms with E-state index in [2.05, 4.69) is 17.2 Å². The third kappa shape index (κ3) is 3.75. The first-order chi connectivity index (χ1) is 8.15. The van der Waals surface area contributed by atoms with Gasteiger partial charge in [0.05, 0.1) is 10.0 Å². The largest absolute Gasteiger partial charge is 0.369 e. The Morgan fingerprint density at radius 2 is 2.24 bits per heavy atom. The van der Waals surface area contributed by atoms with E-state index in [1.807, 2.05) is 0 Å². The number of rotatable bonds is 3. The van der Waals surface area contributed by atoms with Crippen LogP contribution in [0.3, 0.4) is 0 Å². The number of pyridine rings is 1. The van der Waals surface area contributed by atoms with E-state index < -0.39 is 0 Å². The van der Waals surface area contributed by atoms with Gasteiger partial charge >= 0.3 is 0 Å². The lowest BCUT2D eigenvalue weighted by Crippen LogP contribution is -2.21. The van der Waals surface area contributed by atoms with Gasteiger partial charge in [0.25, 0.3) is 0 Å². The average Bonchev–Trinajstić information content (AvgIpc) is 2.28. The van der Waals surface area contributed by atoms with E-state index >= 15 is 0 Å². The van der Waals surface area contributed by atoms with Crippen LogP contribution >= 0.6 is 23.2 Å². The normalized spacial score (nSPS) is 24.6. The van der Waals surface area contributed by atoms with Crippen molar-refractivity contribution in [3.63, 3.8) is 0 Å². The molecule has 2 atom stereocenters. The Morgan fingerprint density at radius 3 is 2.94 bits per heavy atom. The van der Waals surface area contributed by atoms with Crippen molar-refractivity contribution in [1.29, 1.82) is 0 Å². The van der Waals surface area contributed by atoms with E-state index in [9.17, 15) is 0 Å². The van der Waals surface area contributed by atoms with Gasteiger partial charge in [-0.3, -0.25) is 0 Å². The number of nitrogens with one attached hydrogen (secondary N) is 1. The second-order valence-electron chi connectivity index (χ2n) is 5.00. The fraction of sp³-hybridized carbons (Fsp3) is 0.615. The number of halogens is 2. The van der Waals surface area contributed by atoms with E-state index in [0.29, 0.717) is 10.0 Å². The molecule has 0 amide bonds. The van der Waals surface area contributed by atoms with Gasteiger partial charge in [-0.1, -0.05) is 43.0 Å². The second kappa shape index (κ2) is 5.92. The van der Waals surface area contributed by atoms with Crippen molar-refractivity contribution in [2.75, 3.05) is 11.9 Å². The molecule has 0 radical (unpaired) electrons. The van der Waals surface area contributed by atoms with Gasteiger partial charge in [0.2, 0.25) is 0 Å². The van der Waals surface area contributed by atoms with Gasteiger partial charge in [0, 0.05) is 12.7 Å². The molecule has 4 heteroatoms. The first-order valence-corrected chi connectivity index (χ1v) is 6.95.